The van der Waals surface area contributed by atoms with Crippen molar-refractivity contribution in [3.63, 3.8) is 0 Å². The highest BCUT2D eigenvalue weighted by Gasteiger charge is 2.22. The topological polar surface area (TPSA) is 29.3 Å². The van der Waals surface area contributed by atoms with Crippen LogP contribution in [0.5, 0.6) is 0 Å². The maximum atomic E-state index is 5.73. The van der Waals surface area contributed by atoms with Gasteiger partial charge in [0.05, 0.1) is 0 Å². The summed E-state index contributed by atoms with van der Waals surface area (Å²) in [6.45, 7) is 3.07. The van der Waals surface area contributed by atoms with Crippen LogP contribution < -0.4 is 5.73 Å². The number of likely N-dealkylation sites (N-methyl/N-ethyl adjacent to an activating group) is 1. The fourth-order valence-electron chi connectivity index (χ4n) is 2.14. The van der Waals surface area contributed by atoms with Gasteiger partial charge in [-0.05, 0) is 43.4 Å². The first kappa shape index (κ1) is 11.6. The van der Waals surface area contributed by atoms with E-state index in [2.05, 4.69) is 36.2 Å². The van der Waals surface area contributed by atoms with Gasteiger partial charge in [-0.3, -0.25) is 0 Å². The highest BCUT2D eigenvalue weighted by molar-refractivity contribution is 5.27. The SMILES string of the molecule is CN(CCc1ccccc1CN)CC1CC1. The third-order valence-corrected chi connectivity index (χ3v) is 3.37. The molecule has 88 valence electrons. The van der Waals surface area contributed by atoms with Gasteiger partial charge in [0.25, 0.3) is 0 Å². The van der Waals surface area contributed by atoms with E-state index in [1.807, 2.05) is 0 Å². The van der Waals surface area contributed by atoms with Gasteiger partial charge in [0, 0.05) is 19.6 Å². The van der Waals surface area contributed by atoms with Crippen molar-refractivity contribution in [2.24, 2.45) is 11.7 Å². The van der Waals surface area contributed by atoms with Gasteiger partial charge in [0.15, 0.2) is 0 Å². The van der Waals surface area contributed by atoms with E-state index in [1.165, 1.54) is 30.5 Å². The largest absolute Gasteiger partial charge is 0.326 e. The second kappa shape index (κ2) is 5.46. The summed E-state index contributed by atoms with van der Waals surface area (Å²) in [7, 11) is 2.23. The van der Waals surface area contributed by atoms with Crippen LogP contribution in [0.25, 0.3) is 0 Å². The van der Waals surface area contributed by atoms with Crippen molar-refractivity contribution >= 4 is 0 Å². The summed E-state index contributed by atoms with van der Waals surface area (Å²) in [6.07, 6.45) is 3.99. The standard InChI is InChI=1S/C14H22N2/c1-16(11-12-6-7-12)9-8-13-4-2-3-5-14(13)10-15/h2-5,12H,6-11,15H2,1H3. The van der Waals surface area contributed by atoms with Crippen LogP contribution in [0.1, 0.15) is 24.0 Å². The Kier molecular flexibility index (Phi) is 3.97. The fraction of sp³-hybridized carbons (Fsp3) is 0.571. The molecule has 0 aliphatic heterocycles. The summed E-state index contributed by atoms with van der Waals surface area (Å²) in [6, 6.07) is 8.51. The third kappa shape index (κ3) is 3.32. The first-order valence-corrected chi connectivity index (χ1v) is 6.25. The van der Waals surface area contributed by atoms with E-state index in [9.17, 15) is 0 Å². The normalized spacial score (nSPS) is 15.7. The summed E-state index contributed by atoms with van der Waals surface area (Å²) in [4.78, 5) is 2.45. The molecule has 0 unspecified atom stereocenters. The summed E-state index contributed by atoms with van der Waals surface area (Å²) in [5.74, 6) is 0.981. The molecule has 2 nitrogen and oxygen atoms in total. The van der Waals surface area contributed by atoms with Crippen LogP contribution in [-0.4, -0.2) is 25.0 Å². The molecule has 1 fully saturated rings. The lowest BCUT2D eigenvalue weighted by atomic mass is 10.0. The lowest BCUT2D eigenvalue weighted by molar-refractivity contribution is 0.324. The van der Waals surface area contributed by atoms with Crippen LogP contribution in [0.15, 0.2) is 24.3 Å². The lowest BCUT2D eigenvalue weighted by Crippen LogP contribution is -2.24. The molecule has 0 amide bonds. The molecule has 1 aliphatic carbocycles. The van der Waals surface area contributed by atoms with Crippen LogP contribution in [0.2, 0.25) is 0 Å². The minimum Gasteiger partial charge on any atom is -0.326 e. The van der Waals surface area contributed by atoms with Crippen molar-refractivity contribution in [1.82, 2.24) is 4.90 Å². The van der Waals surface area contributed by atoms with Crippen molar-refractivity contribution in [2.45, 2.75) is 25.8 Å². The lowest BCUT2D eigenvalue weighted by Gasteiger charge is -2.17. The highest BCUT2D eigenvalue weighted by atomic mass is 15.1. The van der Waals surface area contributed by atoms with Gasteiger partial charge in [-0.25, -0.2) is 0 Å². The van der Waals surface area contributed by atoms with Gasteiger partial charge in [-0.1, -0.05) is 24.3 Å². The second-order valence-electron chi connectivity index (χ2n) is 4.93. The molecule has 1 aliphatic rings. The summed E-state index contributed by atoms with van der Waals surface area (Å²) < 4.78 is 0. The molecule has 0 heterocycles. The molecule has 2 heteroatoms. The Morgan fingerprint density at radius 3 is 2.56 bits per heavy atom. The maximum Gasteiger partial charge on any atom is 0.0180 e. The molecule has 2 N–H and O–H groups in total. The summed E-state index contributed by atoms with van der Waals surface area (Å²) >= 11 is 0. The summed E-state index contributed by atoms with van der Waals surface area (Å²) in [5, 5.41) is 0. The minimum absolute atomic E-state index is 0.655. The van der Waals surface area contributed by atoms with Crippen LogP contribution in [0.4, 0.5) is 0 Å². The smallest absolute Gasteiger partial charge is 0.0180 e. The molecule has 0 atom stereocenters. The average Bonchev–Trinajstić information content (AvgIpc) is 3.10. The molecule has 1 aromatic carbocycles. The average molecular weight is 218 g/mol. The Hall–Kier alpha value is -0.860. The highest BCUT2D eigenvalue weighted by Crippen LogP contribution is 2.29. The number of benzene rings is 1. The summed E-state index contributed by atoms with van der Waals surface area (Å²) in [5.41, 5.74) is 8.44. The Morgan fingerprint density at radius 2 is 1.94 bits per heavy atom. The van der Waals surface area contributed by atoms with Crippen molar-refractivity contribution < 1.29 is 0 Å². The molecule has 0 aromatic heterocycles. The van der Waals surface area contributed by atoms with Crippen LogP contribution in [0.3, 0.4) is 0 Å². The molecular weight excluding hydrogens is 196 g/mol. The molecular formula is C14H22N2. The van der Waals surface area contributed by atoms with Crippen LogP contribution in [-0.2, 0) is 13.0 Å². The second-order valence-corrected chi connectivity index (χ2v) is 4.93. The van der Waals surface area contributed by atoms with Crippen molar-refractivity contribution in [3.05, 3.63) is 35.4 Å². The van der Waals surface area contributed by atoms with Gasteiger partial charge in [-0.15, -0.1) is 0 Å². The Bertz CT molecular complexity index is 331. The molecule has 2 rings (SSSR count). The predicted molar refractivity (Wildman–Crippen MR) is 68.3 cm³/mol. The van der Waals surface area contributed by atoms with E-state index in [4.69, 9.17) is 5.73 Å². The monoisotopic (exact) mass is 218 g/mol. The molecule has 1 saturated carbocycles. The van der Waals surface area contributed by atoms with E-state index >= 15 is 0 Å². The molecule has 16 heavy (non-hydrogen) atoms. The number of nitrogens with two attached hydrogens (primary N) is 1. The maximum absolute atomic E-state index is 5.73. The zero-order valence-corrected chi connectivity index (χ0v) is 10.2. The number of hydrogen-bond acceptors (Lipinski definition) is 2. The quantitative estimate of drug-likeness (QED) is 0.791. The van der Waals surface area contributed by atoms with E-state index in [1.54, 1.807) is 0 Å². The zero-order chi connectivity index (χ0) is 11.4. The third-order valence-electron chi connectivity index (χ3n) is 3.37. The van der Waals surface area contributed by atoms with E-state index in [-0.39, 0.29) is 0 Å². The number of nitrogens with zero attached hydrogens (tertiary/aromatic N) is 1. The van der Waals surface area contributed by atoms with E-state index in [0.717, 1.165) is 18.9 Å². The molecule has 0 radical (unpaired) electrons. The zero-order valence-electron chi connectivity index (χ0n) is 10.2. The van der Waals surface area contributed by atoms with E-state index < -0.39 is 0 Å². The molecule has 0 bridgehead atoms. The molecule has 0 spiro atoms. The number of hydrogen-bond donors (Lipinski definition) is 1. The Morgan fingerprint density at radius 1 is 1.25 bits per heavy atom. The Balaban J connectivity index is 1.82. The first-order chi connectivity index (χ1) is 7.79. The molecule has 1 aromatic rings. The van der Waals surface area contributed by atoms with Crippen molar-refractivity contribution in [1.29, 1.82) is 0 Å². The van der Waals surface area contributed by atoms with Crippen LogP contribution >= 0.6 is 0 Å². The number of rotatable bonds is 6. The predicted octanol–water partition coefficient (Wildman–Crippen LogP) is 2.03. The van der Waals surface area contributed by atoms with Gasteiger partial charge >= 0.3 is 0 Å². The Labute approximate surface area is 98.4 Å². The molecule has 0 saturated heterocycles. The van der Waals surface area contributed by atoms with Gasteiger partial charge < -0.3 is 10.6 Å². The van der Waals surface area contributed by atoms with Gasteiger partial charge in [0.2, 0.25) is 0 Å². The van der Waals surface area contributed by atoms with Gasteiger partial charge in [-0.2, -0.15) is 0 Å². The fourth-order valence-corrected chi connectivity index (χ4v) is 2.14. The van der Waals surface area contributed by atoms with Crippen LogP contribution in [0, 0.1) is 5.92 Å². The first-order valence-electron chi connectivity index (χ1n) is 6.25. The van der Waals surface area contributed by atoms with E-state index in [0.29, 0.717) is 6.54 Å². The van der Waals surface area contributed by atoms with Crippen molar-refractivity contribution in [3.8, 4) is 0 Å². The van der Waals surface area contributed by atoms with Crippen molar-refractivity contribution in [2.75, 3.05) is 20.1 Å². The minimum atomic E-state index is 0.655. The van der Waals surface area contributed by atoms with Gasteiger partial charge in [0.1, 0.15) is 0 Å².